The van der Waals surface area contributed by atoms with E-state index in [0.717, 1.165) is 6.21 Å². The third-order valence-corrected chi connectivity index (χ3v) is 1.75. The van der Waals surface area contributed by atoms with Crippen molar-refractivity contribution in [3.05, 3.63) is 35.9 Å². The number of amides is 1. The fraction of sp³-hybridized carbons (Fsp3) is 0. The molecule has 0 aromatic heterocycles. The van der Waals surface area contributed by atoms with Gasteiger partial charge in [0.1, 0.15) is 0 Å². The van der Waals surface area contributed by atoms with Crippen LogP contribution in [0.15, 0.2) is 40.3 Å². The van der Waals surface area contributed by atoms with E-state index in [1.54, 1.807) is 24.3 Å². The lowest BCUT2D eigenvalue weighted by molar-refractivity contribution is -0.111. The summed E-state index contributed by atoms with van der Waals surface area (Å²) in [6.45, 7) is 0. The van der Waals surface area contributed by atoms with E-state index in [-0.39, 0.29) is 11.6 Å². The Bertz CT molecular complexity index is 446. The summed E-state index contributed by atoms with van der Waals surface area (Å²) in [5, 5.41) is 0. The van der Waals surface area contributed by atoms with Crippen LogP contribution < -0.4 is 0 Å². The largest absolute Gasteiger partial charge is 0.290 e. The zero-order valence-corrected chi connectivity index (χ0v) is 7.18. The number of ketones is 1. The second-order valence-electron chi connectivity index (χ2n) is 2.73. The van der Waals surface area contributed by atoms with Gasteiger partial charge in [-0.3, -0.25) is 9.59 Å². The lowest BCUT2D eigenvalue weighted by Gasteiger charge is -1.95. The summed E-state index contributed by atoms with van der Waals surface area (Å²) in [7, 11) is 0. The maximum atomic E-state index is 11.6. The van der Waals surface area contributed by atoms with Gasteiger partial charge in [0.05, 0.1) is 6.21 Å². The van der Waals surface area contributed by atoms with E-state index >= 15 is 0 Å². The Balaban J connectivity index is 2.31. The molecule has 1 aromatic rings. The Labute approximate surface area is 80.0 Å². The van der Waals surface area contributed by atoms with Crippen molar-refractivity contribution in [3.63, 3.8) is 0 Å². The molecule has 68 valence electrons. The van der Waals surface area contributed by atoms with E-state index in [1.807, 2.05) is 6.07 Å². The van der Waals surface area contributed by atoms with Crippen molar-refractivity contribution in [1.29, 1.82) is 0 Å². The van der Waals surface area contributed by atoms with Crippen LogP contribution >= 0.6 is 0 Å². The molecule has 1 aliphatic rings. The maximum Gasteiger partial charge on any atom is 0.290 e. The van der Waals surface area contributed by atoms with Gasteiger partial charge in [-0.05, 0) is 0 Å². The van der Waals surface area contributed by atoms with Crippen LogP contribution in [0.2, 0.25) is 0 Å². The van der Waals surface area contributed by atoms with Gasteiger partial charge >= 0.3 is 0 Å². The van der Waals surface area contributed by atoms with E-state index in [2.05, 4.69) is 9.98 Å². The lowest BCUT2D eigenvalue weighted by atomic mass is 10.1. The van der Waals surface area contributed by atoms with Crippen molar-refractivity contribution in [2.75, 3.05) is 0 Å². The van der Waals surface area contributed by atoms with Gasteiger partial charge in [-0.2, -0.15) is 4.99 Å². The number of benzene rings is 1. The molecule has 1 aliphatic heterocycles. The van der Waals surface area contributed by atoms with Crippen molar-refractivity contribution >= 4 is 23.7 Å². The van der Waals surface area contributed by atoms with Gasteiger partial charge in [-0.15, -0.1) is 0 Å². The van der Waals surface area contributed by atoms with Crippen LogP contribution in [-0.4, -0.2) is 23.7 Å². The van der Waals surface area contributed by atoms with Gasteiger partial charge < -0.3 is 0 Å². The van der Waals surface area contributed by atoms with E-state index in [1.165, 1.54) is 0 Å². The molecule has 4 nitrogen and oxygen atoms in total. The first-order valence-electron chi connectivity index (χ1n) is 4.04. The average Bonchev–Trinajstić information content (AvgIpc) is 2.65. The van der Waals surface area contributed by atoms with Crippen molar-refractivity contribution in [1.82, 2.24) is 0 Å². The molecule has 0 spiro atoms. The second kappa shape index (κ2) is 3.33. The summed E-state index contributed by atoms with van der Waals surface area (Å²) < 4.78 is 0. The maximum absolute atomic E-state index is 11.6. The van der Waals surface area contributed by atoms with Crippen molar-refractivity contribution < 1.29 is 9.59 Å². The van der Waals surface area contributed by atoms with Crippen LogP contribution in [0.4, 0.5) is 0 Å². The highest BCUT2D eigenvalue weighted by Crippen LogP contribution is 2.04. The third kappa shape index (κ3) is 1.50. The molecule has 1 amide bonds. The zero-order chi connectivity index (χ0) is 9.97. The van der Waals surface area contributed by atoms with Gasteiger partial charge in [0.2, 0.25) is 11.6 Å². The molecule has 4 heteroatoms. The molecule has 14 heavy (non-hydrogen) atoms. The smallest absolute Gasteiger partial charge is 0.285 e. The van der Waals surface area contributed by atoms with Gasteiger partial charge in [-0.1, -0.05) is 30.3 Å². The number of carbonyl (C=O) groups is 2. The molecule has 0 atom stereocenters. The van der Waals surface area contributed by atoms with Crippen LogP contribution in [0, 0.1) is 0 Å². The summed E-state index contributed by atoms with van der Waals surface area (Å²) in [5.41, 5.74) is 0.484. The van der Waals surface area contributed by atoms with Crippen LogP contribution in [0.3, 0.4) is 0 Å². The molecule has 0 bridgehead atoms. The Kier molecular flexibility index (Phi) is 2.02. The highest BCUT2D eigenvalue weighted by molar-refractivity contribution is 6.53. The minimum atomic E-state index is -0.482. The molecule has 0 unspecified atom stereocenters. The van der Waals surface area contributed by atoms with Crippen molar-refractivity contribution in [2.24, 2.45) is 9.98 Å². The standard InChI is InChI=1S/C10H6N2O2/c13-8-6-11-10(12-8)9(14)7-4-2-1-3-5-7/h1-6H. The molecule has 1 heterocycles. The topological polar surface area (TPSA) is 58.9 Å². The number of hydrogen-bond acceptors (Lipinski definition) is 3. The molecular weight excluding hydrogens is 180 g/mol. The molecule has 1 aromatic carbocycles. The van der Waals surface area contributed by atoms with Crippen molar-refractivity contribution in [2.45, 2.75) is 0 Å². The number of Topliss-reactive ketones (excluding diaryl/α,β-unsaturated/α-hetero) is 1. The Morgan fingerprint density at radius 3 is 2.43 bits per heavy atom. The molecule has 2 rings (SSSR count). The molecule has 0 saturated heterocycles. The first-order chi connectivity index (χ1) is 6.77. The molecule has 0 saturated carbocycles. The van der Waals surface area contributed by atoms with Gasteiger partial charge in [0.25, 0.3) is 5.91 Å². The monoisotopic (exact) mass is 186 g/mol. The number of carbonyl (C=O) groups excluding carboxylic acids is 2. The predicted octanol–water partition coefficient (Wildman–Crippen LogP) is 0.879. The van der Waals surface area contributed by atoms with Crippen LogP contribution in [-0.2, 0) is 4.79 Å². The Morgan fingerprint density at radius 1 is 1.14 bits per heavy atom. The summed E-state index contributed by atoms with van der Waals surface area (Å²) in [4.78, 5) is 29.4. The lowest BCUT2D eigenvalue weighted by Crippen LogP contribution is -2.10. The number of amidine groups is 1. The number of nitrogens with zero attached hydrogens (tertiary/aromatic N) is 2. The zero-order valence-electron chi connectivity index (χ0n) is 7.18. The average molecular weight is 186 g/mol. The first kappa shape index (κ1) is 8.50. The van der Waals surface area contributed by atoms with E-state index in [4.69, 9.17) is 0 Å². The fourth-order valence-corrected chi connectivity index (χ4v) is 1.11. The van der Waals surface area contributed by atoms with E-state index < -0.39 is 5.91 Å². The predicted molar refractivity (Wildman–Crippen MR) is 51.7 cm³/mol. The summed E-state index contributed by atoms with van der Waals surface area (Å²) in [6.07, 6.45) is 1.04. The Morgan fingerprint density at radius 2 is 1.86 bits per heavy atom. The van der Waals surface area contributed by atoms with E-state index in [9.17, 15) is 9.59 Å². The quantitative estimate of drug-likeness (QED) is 0.643. The minimum Gasteiger partial charge on any atom is -0.285 e. The summed E-state index contributed by atoms with van der Waals surface area (Å²) in [6, 6.07) is 8.61. The number of aliphatic imine (C=N–C) groups is 2. The SMILES string of the molecule is O=C1C=NC(C(=O)c2ccccc2)=N1. The molecule has 0 N–H and O–H groups in total. The molecule has 0 radical (unpaired) electrons. The van der Waals surface area contributed by atoms with Gasteiger partial charge in [0, 0.05) is 5.56 Å². The number of rotatable bonds is 2. The summed E-state index contributed by atoms with van der Waals surface area (Å²) >= 11 is 0. The van der Waals surface area contributed by atoms with E-state index in [0.29, 0.717) is 5.56 Å². The Hall–Kier alpha value is -2.10. The second-order valence-corrected chi connectivity index (χ2v) is 2.73. The molecule has 0 fully saturated rings. The third-order valence-electron chi connectivity index (χ3n) is 1.75. The normalized spacial score (nSPS) is 14.3. The highest BCUT2D eigenvalue weighted by Gasteiger charge is 2.17. The van der Waals surface area contributed by atoms with Crippen LogP contribution in [0.1, 0.15) is 10.4 Å². The first-order valence-corrected chi connectivity index (χ1v) is 4.04. The van der Waals surface area contributed by atoms with Gasteiger partial charge in [-0.25, -0.2) is 4.99 Å². The van der Waals surface area contributed by atoms with Crippen LogP contribution in [0.25, 0.3) is 0 Å². The van der Waals surface area contributed by atoms with Crippen molar-refractivity contribution in [3.8, 4) is 0 Å². The van der Waals surface area contributed by atoms with Gasteiger partial charge in [0.15, 0.2) is 0 Å². The minimum absolute atomic E-state index is 0.0406. The summed E-state index contributed by atoms with van der Waals surface area (Å²) in [5.74, 6) is -0.849. The molecule has 0 aliphatic carbocycles. The molecular formula is C10H6N2O2. The fourth-order valence-electron chi connectivity index (χ4n) is 1.11. The highest BCUT2D eigenvalue weighted by atomic mass is 16.2. The van der Waals surface area contributed by atoms with Crippen LogP contribution in [0.5, 0.6) is 0 Å². The number of hydrogen-bond donors (Lipinski definition) is 0.